The van der Waals surface area contributed by atoms with Crippen LogP contribution >= 0.6 is 0 Å². The summed E-state index contributed by atoms with van der Waals surface area (Å²) in [6.45, 7) is 1.58. The average molecular weight is 301 g/mol. The summed E-state index contributed by atoms with van der Waals surface area (Å²) in [5, 5.41) is 9.08. The number of hydrogen-bond donors (Lipinski definition) is 1. The fourth-order valence-electron chi connectivity index (χ4n) is 2.01. The summed E-state index contributed by atoms with van der Waals surface area (Å²) in [6, 6.07) is 14.0. The molecule has 1 N–H and O–H groups in total. The number of para-hydroxylation sites is 1. The minimum atomic E-state index is -0.979. The van der Waals surface area contributed by atoms with E-state index in [9.17, 15) is 14.0 Å². The highest BCUT2D eigenvalue weighted by atomic mass is 19.1. The molecular weight excluding hydrogens is 285 g/mol. The summed E-state index contributed by atoms with van der Waals surface area (Å²) in [4.78, 5) is 25.1. The van der Waals surface area contributed by atoms with Crippen molar-refractivity contribution in [3.63, 3.8) is 0 Å². The van der Waals surface area contributed by atoms with E-state index < -0.39 is 17.7 Å². The first kappa shape index (κ1) is 15.7. The van der Waals surface area contributed by atoms with Gasteiger partial charge in [-0.1, -0.05) is 25.1 Å². The molecule has 0 spiro atoms. The van der Waals surface area contributed by atoms with E-state index in [1.165, 1.54) is 36.1 Å². The van der Waals surface area contributed by atoms with Crippen LogP contribution in [0.1, 0.15) is 17.3 Å². The van der Waals surface area contributed by atoms with Crippen molar-refractivity contribution in [2.75, 3.05) is 11.4 Å². The summed E-state index contributed by atoms with van der Waals surface area (Å²) >= 11 is 0. The summed E-state index contributed by atoms with van der Waals surface area (Å²) in [6.07, 6.45) is 0. The molecule has 0 aliphatic heterocycles. The first-order chi connectivity index (χ1) is 10.5. The normalized spacial score (nSPS) is 11.7. The van der Waals surface area contributed by atoms with Gasteiger partial charge in [0.2, 0.25) is 0 Å². The van der Waals surface area contributed by atoms with Crippen LogP contribution in [-0.2, 0) is 4.79 Å². The average Bonchev–Trinajstić information content (AvgIpc) is 2.53. The molecule has 0 aliphatic rings. The number of carbonyl (C=O) groups is 2. The quantitative estimate of drug-likeness (QED) is 0.922. The Balaban J connectivity index is 2.33. The number of aliphatic carboxylic acids is 1. The molecule has 0 saturated heterocycles. The summed E-state index contributed by atoms with van der Waals surface area (Å²) in [7, 11) is 0. The predicted molar refractivity (Wildman–Crippen MR) is 81.3 cm³/mol. The molecule has 1 unspecified atom stereocenters. The first-order valence-corrected chi connectivity index (χ1v) is 6.84. The summed E-state index contributed by atoms with van der Waals surface area (Å²) in [5.74, 6) is -2.49. The number of carboxylic acids is 1. The highest BCUT2D eigenvalue weighted by Gasteiger charge is 2.23. The molecule has 114 valence electrons. The minimum Gasteiger partial charge on any atom is -0.481 e. The van der Waals surface area contributed by atoms with Gasteiger partial charge in [-0.15, -0.1) is 0 Å². The minimum absolute atomic E-state index is 0.0373. The molecule has 0 bridgehead atoms. The largest absolute Gasteiger partial charge is 0.481 e. The van der Waals surface area contributed by atoms with E-state index in [1.54, 1.807) is 24.3 Å². The van der Waals surface area contributed by atoms with Gasteiger partial charge < -0.3 is 10.0 Å². The smallest absolute Gasteiger partial charge is 0.308 e. The van der Waals surface area contributed by atoms with Crippen LogP contribution in [0.3, 0.4) is 0 Å². The Bertz CT molecular complexity index is 655. The van der Waals surface area contributed by atoms with Crippen molar-refractivity contribution in [3.8, 4) is 0 Å². The van der Waals surface area contributed by atoms with E-state index in [-0.39, 0.29) is 12.5 Å². The number of halogens is 1. The monoisotopic (exact) mass is 301 g/mol. The highest BCUT2D eigenvalue weighted by Crippen LogP contribution is 2.19. The molecule has 1 atom stereocenters. The molecule has 2 aromatic rings. The van der Waals surface area contributed by atoms with Crippen LogP contribution in [0.25, 0.3) is 0 Å². The van der Waals surface area contributed by atoms with Gasteiger partial charge in [-0.25, -0.2) is 4.39 Å². The van der Waals surface area contributed by atoms with Gasteiger partial charge in [0.15, 0.2) is 0 Å². The molecule has 0 fully saturated rings. The molecule has 0 aliphatic carbocycles. The van der Waals surface area contributed by atoms with E-state index in [0.717, 1.165) is 0 Å². The fraction of sp³-hybridized carbons (Fsp3) is 0.176. The number of anilines is 1. The van der Waals surface area contributed by atoms with Crippen molar-refractivity contribution < 1.29 is 19.1 Å². The molecule has 0 radical (unpaired) electrons. The zero-order valence-electron chi connectivity index (χ0n) is 12.1. The van der Waals surface area contributed by atoms with Crippen LogP contribution in [-0.4, -0.2) is 23.5 Å². The first-order valence-electron chi connectivity index (χ1n) is 6.84. The molecule has 4 nitrogen and oxygen atoms in total. The van der Waals surface area contributed by atoms with Gasteiger partial charge in [-0.2, -0.15) is 0 Å². The van der Waals surface area contributed by atoms with Crippen molar-refractivity contribution in [1.29, 1.82) is 0 Å². The maximum absolute atomic E-state index is 13.0. The number of nitrogens with zero attached hydrogens (tertiary/aromatic N) is 1. The van der Waals surface area contributed by atoms with Gasteiger partial charge in [0.05, 0.1) is 5.92 Å². The van der Waals surface area contributed by atoms with E-state index >= 15 is 0 Å². The zero-order chi connectivity index (χ0) is 16.1. The van der Waals surface area contributed by atoms with Crippen LogP contribution < -0.4 is 4.90 Å². The zero-order valence-corrected chi connectivity index (χ0v) is 12.1. The molecule has 0 heterocycles. The third-order valence-corrected chi connectivity index (χ3v) is 3.28. The van der Waals surface area contributed by atoms with Crippen molar-refractivity contribution in [1.82, 2.24) is 0 Å². The Labute approximate surface area is 127 Å². The van der Waals surface area contributed by atoms with Crippen molar-refractivity contribution in [2.24, 2.45) is 5.92 Å². The molecule has 2 rings (SSSR count). The topological polar surface area (TPSA) is 57.6 Å². The second-order valence-corrected chi connectivity index (χ2v) is 5.00. The number of carbonyl (C=O) groups excluding carboxylic acids is 1. The Morgan fingerprint density at radius 3 is 2.23 bits per heavy atom. The lowest BCUT2D eigenvalue weighted by atomic mass is 10.1. The Hall–Kier alpha value is -2.69. The third kappa shape index (κ3) is 3.69. The van der Waals surface area contributed by atoms with Gasteiger partial charge in [0, 0.05) is 17.8 Å². The molecule has 22 heavy (non-hydrogen) atoms. The van der Waals surface area contributed by atoms with E-state index in [0.29, 0.717) is 11.3 Å². The van der Waals surface area contributed by atoms with Crippen LogP contribution in [0, 0.1) is 11.7 Å². The molecular formula is C17H16FNO3. The Morgan fingerprint density at radius 1 is 1.09 bits per heavy atom. The number of benzene rings is 2. The molecule has 2 aromatic carbocycles. The fourth-order valence-corrected chi connectivity index (χ4v) is 2.01. The number of rotatable bonds is 5. The second-order valence-electron chi connectivity index (χ2n) is 5.00. The SMILES string of the molecule is CC(CN(C(=O)c1ccc(F)cc1)c1ccccc1)C(=O)O. The molecule has 0 saturated carbocycles. The van der Waals surface area contributed by atoms with Crippen LogP contribution in [0.4, 0.5) is 10.1 Å². The maximum Gasteiger partial charge on any atom is 0.308 e. The van der Waals surface area contributed by atoms with Gasteiger partial charge in [0.25, 0.3) is 5.91 Å². The van der Waals surface area contributed by atoms with Crippen molar-refractivity contribution in [2.45, 2.75) is 6.92 Å². The van der Waals surface area contributed by atoms with Gasteiger partial charge in [-0.05, 0) is 36.4 Å². The Morgan fingerprint density at radius 2 is 1.68 bits per heavy atom. The highest BCUT2D eigenvalue weighted by molar-refractivity contribution is 6.06. The lowest BCUT2D eigenvalue weighted by Crippen LogP contribution is -2.37. The summed E-state index contributed by atoms with van der Waals surface area (Å²) in [5.41, 5.74) is 0.910. The number of carboxylic acid groups (broad SMARTS) is 1. The van der Waals surface area contributed by atoms with Gasteiger partial charge in [0.1, 0.15) is 5.82 Å². The lowest BCUT2D eigenvalue weighted by molar-refractivity contribution is -0.140. The lowest BCUT2D eigenvalue weighted by Gasteiger charge is -2.24. The van der Waals surface area contributed by atoms with E-state index in [4.69, 9.17) is 5.11 Å². The van der Waals surface area contributed by atoms with E-state index in [1.807, 2.05) is 6.07 Å². The maximum atomic E-state index is 13.0. The third-order valence-electron chi connectivity index (χ3n) is 3.28. The summed E-state index contributed by atoms with van der Waals surface area (Å²) < 4.78 is 13.0. The van der Waals surface area contributed by atoms with Gasteiger partial charge >= 0.3 is 5.97 Å². The van der Waals surface area contributed by atoms with Gasteiger partial charge in [-0.3, -0.25) is 9.59 Å². The Kier molecular flexibility index (Phi) is 4.88. The van der Waals surface area contributed by atoms with Crippen LogP contribution in [0.15, 0.2) is 54.6 Å². The molecule has 0 aromatic heterocycles. The van der Waals surface area contributed by atoms with Crippen molar-refractivity contribution >= 4 is 17.6 Å². The van der Waals surface area contributed by atoms with Crippen LogP contribution in [0.5, 0.6) is 0 Å². The number of amides is 1. The van der Waals surface area contributed by atoms with Crippen molar-refractivity contribution in [3.05, 3.63) is 66.0 Å². The number of hydrogen-bond acceptors (Lipinski definition) is 2. The van der Waals surface area contributed by atoms with E-state index in [2.05, 4.69) is 0 Å². The second kappa shape index (κ2) is 6.85. The molecule has 1 amide bonds. The molecule has 5 heteroatoms. The predicted octanol–water partition coefficient (Wildman–Crippen LogP) is 3.19. The van der Waals surface area contributed by atoms with Crippen LogP contribution in [0.2, 0.25) is 0 Å². The standard InChI is InChI=1S/C17H16FNO3/c1-12(17(21)22)11-19(15-5-3-2-4-6-15)16(20)13-7-9-14(18)10-8-13/h2-10,12H,11H2,1H3,(H,21,22).